The number of pyridine rings is 1. The van der Waals surface area contributed by atoms with Crippen LogP contribution < -0.4 is 11.1 Å². The molecule has 0 unspecified atom stereocenters. The first kappa shape index (κ1) is 20.3. The normalized spacial score (nSPS) is 24.8. The maximum atomic E-state index is 13.1. The minimum absolute atomic E-state index is 0.0279. The number of amides is 1. The van der Waals surface area contributed by atoms with Crippen molar-refractivity contribution in [3.05, 3.63) is 58.9 Å². The van der Waals surface area contributed by atoms with Crippen molar-refractivity contribution in [3.63, 3.8) is 0 Å². The monoisotopic (exact) mass is 427 g/mol. The molecule has 1 aromatic carbocycles. The van der Waals surface area contributed by atoms with Crippen LogP contribution in [0, 0.1) is 6.92 Å². The number of nitrogens with one attached hydrogen (secondary N) is 1. The van der Waals surface area contributed by atoms with Gasteiger partial charge in [0.1, 0.15) is 16.5 Å². The lowest BCUT2D eigenvalue weighted by molar-refractivity contribution is 0.102. The van der Waals surface area contributed by atoms with Crippen molar-refractivity contribution >= 4 is 27.6 Å². The van der Waals surface area contributed by atoms with Crippen molar-refractivity contribution < 1.29 is 13.2 Å². The number of hydrogen-bond acceptors (Lipinski definition) is 6. The van der Waals surface area contributed by atoms with Gasteiger partial charge in [-0.05, 0) is 68.0 Å². The van der Waals surface area contributed by atoms with E-state index in [1.54, 1.807) is 12.3 Å². The molecule has 9 heteroatoms. The van der Waals surface area contributed by atoms with Gasteiger partial charge in [0, 0.05) is 18.9 Å². The Bertz CT molecular complexity index is 1140. The fourth-order valence-electron chi connectivity index (χ4n) is 4.27. The highest BCUT2D eigenvalue weighted by Gasteiger charge is 2.51. The highest BCUT2D eigenvalue weighted by molar-refractivity contribution is 7.90. The van der Waals surface area contributed by atoms with Gasteiger partial charge in [-0.2, -0.15) is 0 Å². The molecule has 8 nitrogen and oxygen atoms in total. The highest BCUT2D eigenvalue weighted by Crippen LogP contribution is 2.44. The van der Waals surface area contributed by atoms with Crippen molar-refractivity contribution in [2.24, 2.45) is 10.7 Å². The third-order valence-corrected chi connectivity index (χ3v) is 8.37. The standard InChI is InChI=1S/C21H25N5O3S/c1-13-7-10-17(23-12-13)19(27)24-15-9-8-14-5-4-6-18-21(2,16(14)11-15)25-20(22)26(3)30(18,28)29/h7-12,18H,4-6H2,1-3H3,(H2,22,25)(H,24,27)/t18-,21+/m0/s1. The Morgan fingerprint density at radius 2 is 2.07 bits per heavy atom. The number of carbonyl (C=O) groups is 1. The topological polar surface area (TPSA) is 118 Å². The van der Waals surface area contributed by atoms with E-state index in [2.05, 4.69) is 15.3 Å². The van der Waals surface area contributed by atoms with Crippen molar-refractivity contribution in [3.8, 4) is 0 Å². The lowest BCUT2D eigenvalue weighted by atomic mass is 9.86. The van der Waals surface area contributed by atoms with Crippen LogP contribution in [0.3, 0.4) is 0 Å². The second-order valence-corrected chi connectivity index (χ2v) is 10.2. The summed E-state index contributed by atoms with van der Waals surface area (Å²) in [6.07, 6.45) is 3.60. The summed E-state index contributed by atoms with van der Waals surface area (Å²) in [6.45, 7) is 3.71. The Labute approximate surface area is 176 Å². The summed E-state index contributed by atoms with van der Waals surface area (Å²) in [6, 6.07) is 9.06. The number of benzene rings is 1. The SMILES string of the molecule is Cc1ccc(C(=O)Nc2ccc3c(c2)[C@@]2(C)N=C(N)N(C)S(=O)(=O)[C@H]2CCC3)nc1. The van der Waals surface area contributed by atoms with Gasteiger partial charge in [-0.25, -0.2) is 17.7 Å². The first-order chi connectivity index (χ1) is 14.1. The van der Waals surface area contributed by atoms with E-state index in [4.69, 9.17) is 5.73 Å². The predicted octanol–water partition coefficient (Wildman–Crippen LogP) is 2.15. The number of nitrogens with two attached hydrogens (primary N) is 1. The molecule has 0 radical (unpaired) electrons. The fraction of sp³-hybridized carbons (Fsp3) is 0.381. The number of nitrogens with zero attached hydrogens (tertiary/aromatic N) is 3. The first-order valence-corrected chi connectivity index (χ1v) is 11.3. The molecule has 2 heterocycles. The van der Waals surface area contributed by atoms with Crippen molar-refractivity contribution in [1.82, 2.24) is 9.29 Å². The van der Waals surface area contributed by atoms with Gasteiger partial charge in [-0.15, -0.1) is 0 Å². The molecule has 2 atom stereocenters. The molecule has 4 rings (SSSR count). The molecule has 0 spiro atoms. The van der Waals surface area contributed by atoms with Crippen LogP contribution in [-0.2, 0) is 22.0 Å². The first-order valence-electron chi connectivity index (χ1n) is 9.83. The molecule has 3 N–H and O–H groups in total. The number of sulfonamides is 1. The number of rotatable bonds is 2. The molecule has 2 aromatic rings. The average Bonchev–Trinajstić information content (AvgIpc) is 2.84. The summed E-state index contributed by atoms with van der Waals surface area (Å²) in [7, 11) is -2.20. The summed E-state index contributed by atoms with van der Waals surface area (Å²) in [5.74, 6) is -0.357. The van der Waals surface area contributed by atoms with Gasteiger partial charge < -0.3 is 11.1 Å². The molecule has 0 bridgehead atoms. The Kier molecular flexibility index (Phi) is 4.80. The van der Waals surface area contributed by atoms with Gasteiger partial charge in [0.2, 0.25) is 16.0 Å². The fourth-order valence-corrected chi connectivity index (χ4v) is 6.18. The third-order valence-electron chi connectivity index (χ3n) is 6.01. The van der Waals surface area contributed by atoms with Crippen LogP contribution in [0.1, 0.15) is 46.9 Å². The minimum Gasteiger partial charge on any atom is -0.369 e. The Morgan fingerprint density at radius 1 is 1.30 bits per heavy atom. The molecule has 1 aromatic heterocycles. The number of fused-ring (bicyclic) bond motifs is 3. The van der Waals surface area contributed by atoms with Crippen LogP contribution >= 0.6 is 0 Å². The molecule has 1 amide bonds. The molecule has 0 saturated heterocycles. The van der Waals surface area contributed by atoms with Crippen LogP contribution in [-0.4, -0.2) is 41.9 Å². The van der Waals surface area contributed by atoms with E-state index in [0.717, 1.165) is 33.8 Å². The smallest absolute Gasteiger partial charge is 0.274 e. The van der Waals surface area contributed by atoms with Crippen LogP contribution in [0.2, 0.25) is 0 Å². The number of hydrogen-bond donors (Lipinski definition) is 2. The number of anilines is 1. The maximum Gasteiger partial charge on any atom is 0.274 e. The Morgan fingerprint density at radius 3 is 2.77 bits per heavy atom. The van der Waals surface area contributed by atoms with Crippen LogP contribution in [0.15, 0.2) is 41.5 Å². The molecule has 30 heavy (non-hydrogen) atoms. The van der Waals surface area contributed by atoms with Gasteiger partial charge >= 0.3 is 0 Å². The zero-order chi connectivity index (χ0) is 21.7. The molecule has 158 valence electrons. The quantitative estimate of drug-likeness (QED) is 0.761. The molecule has 1 aliphatic heterocycles. The van der Waals surface area contributed by atoms with E-state index in [9.17, 15) is 13.2 Å². The van der Waals surface area contributed by atoms with Crippen LogP contribution in [0.5, 0.6) is 0 Å². The second-order valence-electron chi connectivity index (χ2n) is 8.06. The molecule has 2 aliphatic rings. The third kappa shape index (κ3) is 3.23. The zero-order valence-corrected chi connectivity index (χ0v) is 18.0. The lowest BCUT2D eigenvalue weighted by Gasteiger charge is -2.41. The van der Waals surface area contributed by atoms with E-state index in [0.29, 0.717) is 17.8 Å². The molecule has 0 fully saturated rings. The average molecular weight is 428 g/mol. The molecular formula is C21H25N5O3S. The van der Waals surface area contributed by atoms with Gasteiger partial charge in [0.25, 0.3) is 5.91 Å². The summed E-state index contributed by atoms with van der Waals surface area (Å²) in [4.78, 5) is 21.4. The van der Waals surface area contributed by atoms with Crippen LogP contribution in [0.4, 0.5) is 5.69 Å². The second kappa shape index (κ2) is 7.09. The van der Waals surface area contributed by atoms with Gasteiger partial charge in [0.15, 0.2) is 0 Å². The Hall–Kier alpha value is -2.94. The molecule has 1 aliphatic carbocycles. The number of aliphatic imine (C=N–C) groups is 1. The maximum absolute atomic E-state index is 13.1. The molecule has 0 saturated carbocycles. The van der Waals surface area contributed by atoms with Gasteiger partial charge in [-0.3, -0.25) is 9.78 Å². The highest BCUT2D eigenvalue weighted by atomic mass is 32.2. The summed E-state index contributed by atoms with van der Waals surface area (Å²) in [5, 5.41) is 2.15. The minimum atomic E-state index is -3.64. The van der Waals surface area contributed by atoms with Gasteiger partial charge in [-0.1, -0.05) is 12.1 Å². The van der Waals surface area contributed by atoms with E-state index in [-0.39, 0.29) is 11.9 Å². The summed E-state index contributed by atoms with van der Waals surface area (Å²) >= 11 is 0. The van der Waals surface area contributed by atoms with Gasteiger partial charge in [0.05, 0.1) is 0 Å². The van der Waals surface area contributed by atoms with Crippen molar-refractivity contribution in [2.45, 2.75) is 43.9 Å². The summed E-state index contributed by atoms with van der Waals surface area (Å²) in [5.41, 5.74) is 8.59. The van der Waals surface area contributed by atoms with E-state index >= 15 is 0 Å². The van der Waals surface area contributed by atoms with Crippen LogP contribution in [0.25, 0.3) is 0 Å². The predicted molar refractivity (Wildman–Crippen MR) is 116 cm³/mol. The number of aromatic nitrogens is 1. The van der Waals surface area contributed by atoms with E-state index < -0.39 is 20.8 Å². The number of aryl methyl sites for hydroxylation is 2. The number of carbonyl (C=O) groups excluding carboxylic acids is 1. The van der Waals surface area contributed by atoms with E-state index in [1.165, 1.54) is 7.05 Å². The van der Waals surface area contributed by atoms with Crippen molar-refractivity contribution in [1.29, 1.82) is 0 Å². The Balaban J connectivity index is 1.76. The largest absolute Gasteiger partial charge is 0.369 e. The summed E-state index contributed by atoms with van der Waals surface area (Å²) < 4.78 is 27.2. The zero-order valence-electron chi connectivity index (χ0n) is 17.2. The molecular weight excluding hydrogens is 402 g/mol. The lowest BCUT2D eigenvalue weighted by Crippen LogP contribution is -2.56. The number of guanidine groups is 1. The van der Waals surface area contributed by atoms with E-state index in [1.807, 2.05) is 38.1 Å². The van der Waals surface area contributed by atoms with Crippen molar-refractivity contribution in [2.75, 3.05) is 12.4 Å².